The lowest BCUT2D eigenvalue weighted by Crippen LogP contribution is -2.46. The second-order valence-corrected chi connectivity index (χ2v) is 5.51. The Hall–Kier alpha value is -2.08. The van der Waals surface area contributed by atoms with Gasteiger partial charge in [-0.1, -0.05) is 6.07 Å². The van der Waals surface area contributed by atoms with Crippen molar-refractivity contribution in [1.82, 2.24) is 14.9 Å². The van der Waals surface area contributed by atoms with Gasteiger partial charge in [-0.3, -0.25) is 4.90 Å². The first-order chi connectivity index (χ1) is 10.6. The van der Waals surface area contributed by atoms with Crippen molar-refractivity contribution in [2.45, 2.75) is 13.5 Å². The summed E-state index contributed by atoms with van der Waals surface area (Å²) in [6, 6.07) is 5.96. The second-order valence-electron chi connectivity index (χ2n) is 5.51. The van der Waals surface area contributed by atoms with E-state index >= 15 is 0 Å². The van der Waals surface area contributed by atoms with Gasteiger partial charge in [0.05, 0.1) is 0 Å². The molecule has 22 heavy (non-hydrogen) atoms. The third kappa shape index (κ3) is 3.39. The van der Waals surface area contributed by atoms with Crippen LogP contribution in [0, 0.1) is 18.6 Å². The van der Waals surface area contributed by atoms with Crippen molar-refractivity contribution in [1.29, 1.82) is 0 Å². The Kier molecular flexibility index (Phi) is 4.29. The van der Waals surface area contributed by atoms with Gasteiger partial charge in [0.1, 0.15) is 0 Å². The summed E-state index contributed by atoms with van der Waals surface area (Å²) in [5.41, 5.74) is 1.74. The molecule has 6 heteroatoms. The van der Waals surface area contributed by atoms with E-state index in [0.29, 0.717) is 6.54 Å². The normalized spacial score (nSPS) is 16.0. The lowest BCUT2D eigenvalue weighted by atomic mass is 10.2. The topological polar surface area (TPSA) is 32.3 Å². The van der Waals surface area contributed by atoms with Crippen LogP contribution in [0.3, 0.4) is 0 Å². The first kappa shape index (κ1) is 14.8. The van der Waals surface area contributed by atoms with Crippen LogP contribution >= 0.6 is 0 Å². The zero-order valence-corrected chi connectivity index (χ0v) is 12.5. The zero-order valence-electron chi connectivity index (χ0n) is 12.5. The number of hydrogen-bond acceptors (Lipinski definition) is 4. The molecule has 0 amide bonds. The molecular weight excluding hydrogens is 286 g/mol. The molecule has 0 unspecified atom stereocenters. The van der Waals surface area contributed by atoms with Crippen LogP contribution in [-0.2, 0) is 6.54 Å². The molecule has 0 radical (unpaired) electrons. The lowest BCUT2D eigenvalue weighted by molar-refractivity contribution is 0.248. The van der Waals surface area contributed by atoms with Gasteiger partial charge in [0, 0.05) is 44.6 Å². The minimum absolute atomic E-state index is 0.625. The standard InChI is InChI=1S/C16H18F2N4/c1-12-4-5-19-16(20-12)22-8-6-21(7-9-22)11-13-2-3-14(17)15(18)10-13/h2-5,10H,6-9,11H2,1H3. The molecule has 2 aromatic rings. The van der Waals surface area contributed by atoms with Gasteiger partial charge in [-0.05, 0) is 30.7 Å². The van der Waals surface area contributed by atoms with Gasteiger partial charge in [0.2, 0.25) is 5.95 Å². The van der Waals surface area contributed by atoms with Crippen LogP contribution in [0.1, 0.15) is 11.3 Å². The van der Waals surface area contributed by atoms with E-state index in [-0.39, 0.29) is 0 Å². The molecule has 1 saturated heterocycles. The molecule has 0 aliphatic carbocycles. The van der Waals surface area contributed by atoms with Gasteiger partial charge in [-0.25, -0.2) is 18.7 Å². The molecule has 1 aliphatic heterocycles. The van der Waals surface area contributed by atoms with Crippen LogP contribution in [0.4, 0.5) is 14.7 Å². The molecule has 116 valence electrons. The average Bonchev–Trinajstić information content (AvgIpc) is 2.52. The Morgan fingerprint density at radius 3 is 2.50 bits per heavy atom. The molecule has 0 atom stereocenters. The average molecular weight is 304 g/mol. The molecule has 1 aliphatic rings. The molecule has 1 aromatic heterocycles. The van der Waals surface area contributed by atoms with Crippen LogP contribution in [0.5, 0.6) is 0 Å². The summed E-state index contributed by atoms with van der Waals surface area (Å²) >= 11 is 0. The summed E-state index contributed by atoms with van der Waals surface area (Å²) in [4.78, 5) is 13.1. The molecular formula is C16H18F2N4. The Labute approximate surface area is 128 Å². The Bertz CT molecular complexity index is 654. The van der Waals surface area contributed by atoms with Crippen LogP contribution in [-0.4, -0.2) is 41.0 Å². The number of nitrogens with zero attached hydrogens (tertiary/aromatic N) is 4. The predicted octanol–water partition coefficient (Wildman–Crippen LogP) is 2.39. The van der Waals surface area contributed by atoms with Crippen molar-refractivity contribution in [2.24, 2.45) is 0 Å². The highest BCUT2D eigenvalue weighted by Gasteiger charge is 2.19. The first-order valence-corrected chi connectivity index (χ1v) is 7.33. The number of halogens is 2. The summed E-state index contributed by atoms with van der Waals surface area (Å²) in [5.74, 6) is -0.832. The summed E-state index contributed by atoms with van der Waals surface area (Å²) in [7, 11) is 0. The number of piperazine rings is 1. The first-order valence-electron chi connectivity index (χ1n) is 7.33. The zero-order chi connectivity index (χ0) is 15.5. The van der Waals surface area contributed by atoms with Crippen molar-refractivity contribution in [3.8, 4) is 0 Å². The lowest BCUT2D eigenvalue weighted by Gasteiger charge is -2.34. The van der Waals surface area contributed by atoms with Crippen LogP contribution < -0.4 is 4.90 Å². The van der Waals surface area contributed by atoms with Gasteiger partial charge < -0.3 is 4.90 Å². The molecule has 1 fully saturated rings. The Balaban J connectivity index is 1.58. The SMILES string of the molecule is Cc1ccnc(N2CCN(Cc3ccc(F)c(F)c3)CC2)n1. The fraction of sp³-hybridized carbons (Fsp3) is 0.375. The molecule has 0 spiro atoms. The summed E-state index contributed by atoms with van der Waals surface area (Å²) in [6.07, 6.45) is 1.77. The Morgan fingerprint density at radius 1 is 1.05 bits per heavy atom. The molecule has 0 saturated carbocycles. The maximum absolute atomic E-state index is 13.2. The molecule has 0 N–H and O–H groups in total. The van der Waals surface area contributed by atoms with E-state index in [9.17, 15) is 8.78 Å². The molecule has 0 bridgehead atoms. The van der Waals surface area contributed by atoms with Crippen molar-refractivity contribution in [3.63, 3.8) is 0 Å². The predicted molar refractivity (Wildman–Crippen MR) is 80.6 cm³/mol. The summed E-state index contributed by atoms with van der Waals surface area (Å²) < 4.78 is 26.2. The second kappa shape index (κ2) is 6.36. The summed E-state index contributed by atoms with van der Waals surface area (Å²) in [6.45, 7) is 5.91. The largest absolute Gasteiger partial charge is 0.338 e. The van der Waals surface area contributed by atoms with E-state index in [0.717, 1.165) is 43.4 Å². The van der Waals surface area contributed by atoms with Gasteiger partial charge in [-0.2, -0.15) is 0 Å². The van der Waals surface area contributed by atoms with E-state index in [2.05, 4.69) is 19.8 Å². The van der Waals surface area contributed by atoms with E-state index in [4.69, 9.17) is 0 Å². The van der Waals surface area contributed by atoms with E-state index in [1.807, 2.05) is 13.0 Å². The maximum Gasteiger partial charge on any atom is 0.225 e. The number of hydrogen-bond donors (Lipinski definition) is 0. The van der Waals surface area contributed by atoms with E-state index < -0.39 is 11.6 Å². The Morgan fingerprint density at radius 2 is 1.82 bits per heavy atom. The number of anilines is 1. The van der Waals surface area contributed by atoms with Crippen molar-refractivity contribution >= 4 is 5.95 Å². The van der Waals surface area contributed by atoms with Gasteiger partial charge in [0.15, 0.2) is 11.6 Å². The van der Waals surface area contributed by atoms with Crippen molar-refractivity contribution in [3.05, 3.63) is 53.4 Å². The third-order valence-corrected chi connectivity index (χ3v) is 3.83. The number of aromatic nitrogens is 2. The van der Waals surface area contributed by atoms with Crippen LogP contribution in [0.15, 0.2) is 30.5 Å². The molecule has 1 aromatic carbocycles. The van der Waals surface area contributed by atoms with Gasteiger partial charge in [0.25, 0.3) is 0 Å². The monoisotopic (exact) mass is 304 g/mol. The van der Waals surface area contributed by atoms with Crippen molar-refractivity contribution < 1.29 is 8.78 Å². The smallest absolute Gasteiger partial charge is 0.225 e. The van der Waals surface area contributed by atoms with Crippen LogP contribution in [0.25, 0.3) is 0 Å². The minimum atomic E-state index is -0.801. The minimum Gasteiger partial charge on any atom is -0.338 e. The summed E-state index contributed by atoms with van der Waals surface area (Å²) in [5, 5.41) is 0. The highest BCUT2D eigenvalue weighted by molar-refractivity contribution is 5.31. The van der Waals surface area contributed by atoms with Gasteiger partial charge in [-0.15, -0.1) is 0 Å². The van der Waals surface area contributed by atoms with E-state index in [1.54, 1.807) is 12.3 Å². The fourth-order valence-electron chi connectivity index (χ4n) is 2.59. The van der Waals surface area contributed by atoms with E-state index in [1.165, 1.54) is 12.1 Å². The fourth-order valence-corrected chi connectivity index (χ4v) is 2.59. The highest BCUT2D eigenvalue weighted by Crippen LogP contribution is 2.15. The molecule has 4 nitrogen and oxygen atoms in total. The van der Waals surface area contributed by atoms with Gasteiger partial charge >= 0.3 is 0 Å². The molecule has 3 rings (SSSR count). The number of aryl methyl sites for hydroxylation is 1. The number of benzene rings is 1. The number of rotatable bonds is 3. The highest BCUT2D eigenvalue weighted by atomic mass is 19.2. The quantitative estimate of drug-likeness (QED) is 0.871. The molecule has 2 heterocycles. The maximum atomic E-state index is 13.2. The third-order valence-electron chi connectivity index (χ3n) is 3.83. The van der Waals surface area contributed by atoms with Crippen molar-refractivity contribution in [2.75, 3.05) is 31.1 Å². The van der Waals surface area contributed by atoms with Crippen LogP contribution in [0.2, 0.25) is 0 Å².